The molecular formula is C41H39N5O7. The predicted molar refractivity (Wildman–Crippen MR) is 197 cm³/mol. The first-order chi connectivity index (χ1) is 25.9. The molecule has 2 saturated heterocycles. The largest absolute Gasteiger partial charge is 0.445 e. The van der Waals surface area contributed by atoms with Gasteiger partial charge < -0.3 is 24.5 Å². The van der Waals surface area contributed by atoms with E-state index in [0.29, 0.717) is 60.9 Å². The van der Waals surface area contributed by atoms with E-state index >= 15 is 0 Å². The number of carbonyl (C=O) groups excluding carboxylic acids is 4. The molecule has 53 heavy (non-hydrogen) atoms. The number of likely N-dealkylation sites (tertiary alicyclic amines) is 2. The monoisotopic (exact) mass is 713 g/mol. The van der Waals surface area contributed by atoms with Crippen LogP contribution in [0.1, 0.15) is 36.8 Å². The van der Waals surface area contributed by atoms with Crippen LogP contribution in [0.3, 0.4) is 0 Å². The van der Waals surface area contributed by atoms with Gasteiger partial charge in [-0.2, -0.15) is 0 Å². The third-order valence-corrected chi connectivity index (χ3v) is 9.33. The van der Waals surface area contributed by atoms with Crippen LogP contribution in [0.4, 0.5) is 21.0 Å². The number of hydrogen-bond donors (Lipinski definition) is 2. The third-order valence-electron chi connectivity index (χ3n) is 9.33. The highest BCUT2D eigenvalue weighted by Crippen LogP contribution is 2.29. The molecule has 2 N–H and O–H groups in total. The molecule has 0 bridgehead atoms. The molecule has 0 radical (unpaired) electrons. The number of anilines is 2. The Morgan fingerprint density at radius 1 is 0.623 bits per heavy atom. The zero-order valence-corrected chi connectivity index (χ0v) is 29.0. The number of hydrogen-bond acceptors (Lipinski definition) is 8. The van der Waals surface area contributed by atoms with Gasteiger partial charge in [0.1, 0.15) is 25.3 Å². The zero-order chi connectivity index (χ0) is 36.6. The summed E-state index contributed by atoms with van der Waals surface area (Å²) in [7, 11) is 0. The second kappa shape index (κ2) is 16.3. The Bertz CT molecular complexity index is 1890. The van der Waals surface area contributed by atoms with E-state index in [-0.39, 0.29) is 25.0 Å². The van der Waals surface area contributed by atoms with Gasteiger partial charge >= 0.3 is 12.2 Å². The summed E-state index contributed by atoms with van der Waals surface area (Å²) in [6.45, 7) is 1.22. The van der Waals surface area contributed by atoms with Crippen molar-refractivity contribution in [2.75, 3.05) is 23.7 Å². The Morgan fingerprint density at radius 3 is 1.55 bits per heavy atom. The standard InChI is InChI=1S/C41H39N5O7/c47-37(34-13-7-23-45(34)40(49)51-26-28-9-3-1-4-10-28)43-32-19-15-30(16-20-32)36-25-42-39(53-36)31-17-21-33(22-18-31)44-38(48)35-14-8-24-46(35)41(50)52-27-29-11-5-2-6-12-29/h1-6,9-12,15-22,25,34-35H,7-8,13-14,23-24,26-27H2,(H,43,47)(H,44,48)/t34-,35-/m0/s1. The number of aromatic nitrogens is 1. The maximum Gasteiger partial charge on any atom is 0.410 e. The van der Waals surface area contributed by atoms with Gasteiger partial charge in [0.25, 0.3) is 0 Å². The van der Waals surface area contributed by atoms with Gasteiger partial charge in [0.05, 0.1) is 6.20 Å². The molecule has 2 aliphatic rings. The molecule has 2 fully saturated rings. The normalized spacial score (nSPS) is 16.6. The van der Waals surface area contributed by atoms with Gasteiger partial charge in [-0.1, -0.05) is 60.7 Å². The Labute approximate surface area is 306 Å². The zero-order valence-electron chi connectivity index (χ0n) is 29.0. The quantitative estimate of drug-likeness (QED) is 0.152. The van der Waals surface area contributed by atoms with E-state index < -0.39 is 24.3 Å². The molecule has 0 unspecified atom stereocenters. The molecule has 2 aliphatic heterocycles. The second-order valence-corrected chi connectivity index (χ2v) is 12.9. The molecular weight excluding hydrogens is 674 g/mol. The van der Waals surface area contributed by atoms with Crippen molar-refractivity contribution < 1.29 is 33.1 Å². The molecule has 5 aromatic rings. The van der Waals surface area contributed by atoms with Crippen molar-refractivity contribution in [2.45, 2.75) is 51.0 Å². The number of amides is 4. The van der Waals surface area contributed by atoms with Crippen LogP contribution < -0.4 is 10.6 Å². The molecule has 12 heteroatoms. The van der Waals surface area contributed by atoms with E-state index in [2.05, 4.69) is 15.6 Å². The molecule has 2 atom stereocenters. The highest BCUT2D eigenvalue weighted by molar-refractivity contribution is 5.97. The number of carbonyl (C=O) groups is 4. The van der Waals surface area contributed by atoms with Crippen molar-refractivity contribution in [1.82, 2.24) is 14.8 Å². The van der Waals surface area contributed by atoms with Crippen LogP contribution in [0.15, 0.2) is 120 Å². The molecule has 1 aromatic heterocycles. The maximum atomic E-state index is 13.1. The first-order valence-corrected chi connectivity index (χ1v) is 17.6. The van der Waals surface area contributed by atoms with E-state index in [9.17, 15) is 19.2 Å². The fourth-order valence-corrected chi connectivity index (χ4v) is 6.53. The summed E-state index contributed by atoms with van der Waals surface area (Å²) in [6.07, 6.45) is 3.17. The second-order valence-electron chi connectivity index (χ2n) is 12.9. The molecule has 7 rings (SSSR count). The van der Waals surface area contributed by atoms with Gasteiger partial charge in [-0.25, -0.2) is 14.6 Å². The van der Waals surface area contributed by atoms with Crippen LogP contribution >= 0.6 is 0 Å². The predicted octanol–water partition coefficient (Wildman–Crippen LogP) is 7.49. The molecule has 12 nitrogen and oxygen atoms in total. The van der Waals surface area contributed by atoms with E-state index in [0.717, 1.165) is 23.1 Å². The number of nitrogens with zero attached hydrogens (tertiary/aromatic N) is 3. The number of ether oxygens (including phenoxy) is 2. The van der Waals surface area contributed by atoms with Crippen LogP contribution in [-0.4, -0.2) is 64.0 Å². The lowest BCUT2D eigenvalue weighted by Crippen LogP contribution is -2.43. The Hall–Kier alpha value is -6.43. The van der Waals surface area contributed by atoms with Crippen LogP contribution in [0, 0.1) is 0 Å². The van der Waals surface area contributed by atoms with E-state index in [1.807, 2.05) is 72.8 Å². The maximum absolute atomic E-state index is 13.1. The average molecular weight is 714 g/mol. The van der Waals surface area contributed by atoms with Crippen LogP contribution in [0.25, 0.3) is 22.8 Å². The summed E-state index contributed by atoms with van der Waals surface area (Å²) in [5, 5.41) is 5.83. The van der Waals surface area contributed by atoms with Gasteiger partial charge in [0, 0.05) is 35.6 Å². The summed E-state index contributed by atoms with van der Waals surface area (Å²) in [4.78, 5) is 59.2. The first-order valence-electron chi connectivity index (χ1n) is 17.6. The van der Waals surface area contributed by atoms with Crippen LogP contribution in [0.2, 0.25) is 0 Å². The average Bonchev–Trinajstić information content (AvgIpc) is 4.00. The fraction of sp³-hybridized carbons (Fsp3) is 0.244. The minimum Gasteiger partial charge on any atom is -0.445 e. The van der Waals surface area contributed by atoms with Gasteiger partial charge in [0.15, 0.2) is 5.76 Å². The number of oxazole rings is 1. The molecule has 4 amide bonds. The Balaban J connectivity index is 0.904. The minimum atomic E-state index is -0.613. The third kappa shape index (κ3) is 8.55. The Kier molecular flexibility index (Phi) is 10.7. The molecule has 3 heterocycles. The summed E-state index contributed by atoms with van der Waals surface area (Å²) in [5.74, 6) is 0.403. The summed E-state index contributed by atoms with van der Waals surface area (Å²) in [5.41, 5.74) is 4.41. The molecule has 4 aromatic carbocycles. The molecule has 0 spiro atoms. The lowest BCUT2D eigenvalue weighted by Gasteiger charge is -2.23. The summed E-state index contributed by atoms with van der Waals surface area (Å²) >= 11 is 0. The highest BCUT2D eigenvalue weighted by atomic mass is 16.6. The Morgan fingerprint density at radius 2 is 1.08 bits per heavy atom. The summed E-state index contributed by atoms with van der Waals surface area (Å²) in [6, 6.07) is 31.9. The number of benzene rings is 4. The van der Waals surface area contributed by atoms with Crippen LogP contribution in [0.5, 0.6) is 0 Å². The molecule has 0 aliphatic carbocycles. The molecule has 0 saturated carbocycles. The van der Waals surface area contributed by atoms with E-state index in [1.54, 1.807) is 42.6 Å². The van der Waals surface area contributed by atoms with Crippen molar-refractivity contribution >= 4 is 35.4 Å². The van der Waals surface area contributed by atoms with E-state index in [1.165, 1.54) is 9.80 Å². The van der Waals surface area contributed by atoms with Crippen molar-refractivity contribution in [2.24, 2.45) is 0 Å². The van der Waals surface area contributed by atoms with Crippen molar-refractivity contribution in [1.29, 1.82) is 0 Å². The lowest BCUT2D eigenvalue weighted by atomic mass is 10.1. The highest BCUT2D eigenvalue weighted by Gasteiger charge is 2.36. The molecule has 270 valence electrons. The minimum absolute atomic E-state index is 0.147. The lowest BCUT2D eigenvalue weighted by molar-refractivity contribution is -0.120. The van der Waals surface area contributed by atoms with Crippen molar-refractivity contribution in [3.05, 3.63) is 127 Å². The van der Waals surface area contributed by atoms with Gasteiger partial charge in [-0.15, -0.1) is 0 Å². The summed E-state index contributed by atoms with van der Waals surface area (Å²) < 4.78 is 17.0. The topological polar surface area (TPSA) is 143 Å². The van der Waals surface area contributed by atoms with E-state index in [4.69, 9.17) is 13.9 Å². The fourth-order valence-electron chi connectivity index (χ4n) is 6.53. The first kappa shape index (κ1) is 35.0. The van der Waals surface area contributed by atoms with Gasteiger partial charge in [-0.05, 0) is 85.3 Å². The smallest absolute Gasteiger partial charge is 0.410 e. The van der Waals surface area contributed by atoms with Gasteiger partial charge in [-0.3, -0.25) is 19.4 Å². The van der Waals surface area contributed by atoms with Crippen LogP contribution in [-0.2, 0) is 32.3 Å². The van der Waals surface area contributed by atoms with Crippen molar-refractivity contribution in [3.63, 3.8) is 0 Å². The number of nitrogens with one attached hydrogen (secondary N) is 2. The number of rotatable bonds is 10. The SMILES string of the molecule is O=C(Nc1ccc(-c2cnc(-c3ccc(NC(=O)[C@@H]4CCCN4C(=O)OCc4ccccc4)cc3)o2)cc1)[C@@H]1CCCN1C(=O)OCc1ccccc1. The van der Waals surface area contributed by atoms with Crippen molar-refractivity contribution in [3.8, 4) is 22.8 Å². The van der Waals surface area contributed by atoms with Gasteiger partial charge in [0.2, 0.25) is 17.7 Å².